The topological polar surface area (TPSA) is 114 Å². The number of carbonyl (C=O) groups excluding carboxylic acids is 2. The van der Waals surface area contributed by atoms with Crippen molar-refractivity contribution in [3.05, 3.63) is 34.9 Å². The van der Waals surface area contributed by atoms with Gasteiger partial charge < -0.3 is 10.2 Å². The number of nitrogens with zero attached hydrogens (tertiary/aromatic N) is 4. The molecule has 0 aliphatic carbocycles. The molecule has 0 spiro atoms. The molecule has 2 amide bonds. The predicted molar refractivity (Wildman–Crippen MR) is 126 cm³/mol. The average Bonchev–Trinajstić information content (AvgIpc) is 3.28. The SMILES string of the molecule is Cc1ccc(CNC(=O)[C@H]2CCCN2C(=O)[C@H]2CCCN(S(=O)(=O)N3CC(C#N)C3)C2)cc1C. The number of aryl methyl sites for hydroxylation is 2. The summed E-state index contributed by atoms with van der Waals surface area (Å²) in [6, 6.07) is 7.66. The lowest BCUT2D eigenvalue weighted by Crippen LogP contribution is -2.57. The highest BCUT2D eigenvalue weighted by atomic mass is 32.2. The molecular formula is C24H33N5O4S. The summed E-state index contributed by atoms with van der Waals surface area (Å²) in [6.45, 7) is 5.93. The zero-order valence-electron chi connectivity index (χ0n) is 19.9. The van der Waals surface area contributed by atoms with E-state index < -0.39 is 22.2 Å². The van der Waals surface area contributed by atoms with Crippen molar-refractivity contribution >= 4 is 22.0 Å². The van der Waals surface area contributed by atoms with Crippen LogP contribution in [0.1, 0.15) is 42.4 Å². The van der Waals surface area contributed by atoms with Crippen LogP contribution in [0.5, 0.6) is 0 Å². The van der Waals surface area contributed by atoms with Gasteiger partial charge >= 0.3 is 0 Å². The molecule has 0 unspecified atom stereocenters. The number of nitriles is 1. The van der Waals surface area contributed by atoms with Gasteiger partial charge in [0.25, 0.3) is 10.2 Å². The summed E-state index contributed by atoms with van der Waals surface area (Å²) in [5.74, 6) is -1.01. The minimum atomic E-state index is -3.67. The fourth-order valence-electron chi connectivity index (χ4n) is 4.98. The summed E-state index contributed by atoms with van der Waals surface area (Å²) < 4.78 is 28.5. The Bertz CT molecular complexity index is 1090. The summed E-state index contributed by atoms with van der Waals surface area (Å²) >= 11 is 0. The molecule has 1 aromatic carbocycles. The first-order chi connectivity index (χ1) is 16.2. The van der Waals surface area contributed by atoms with Crippen LogP contribution >= 0.6 is 0 Å². The summed E-state index contributed by atoms with van der Waals surface area (Å²) in [7, 11) is -3.67. The highest BCUT2D eigenvalue weighted by Crippen LogP contribution is 2.29. The summed E-state index contributed by atoms with van der Waals surface area (Å²) in [5.41, 5.74) is 3.39. The third kappa shape index (κ3) is 4.97. The molecule has 3 aliphatic heterocycles. The Morgan fingerprint density at radius 3 is 2.50 bits per heavy atom. The van der Waals surface area contributed by atoms with E-state index in [-0.39, 0.29) is 37.4 Å². The largest absolute Gasteiger partial charge is 0.350 e. The molecule has 2 atom stereocenters. The van der Waals surface area contributed by atoms with Crippen LogP contribution in [0.25, 0.3) is 0 Å². The second-order valence-corrected chi connectivity index (χ2v) is 11.6. The van der Waals surface area contributed by atoms with Crippen LogP contribution in [-0.2, 0) is 26.3 Å². The highest BCUT2D eigenvalue weighted by Gasteiger charge is 2.44. The monoisotopic (exact) mass is 487 g/mol. The first-order valence-electron chi connectivity index (χ1n) is 12.0. The lowest BCUT2D eigenvalue weighted by atomic mass is 9.97. The molecule has 4 rings (SSSR count). The molecular weight excluding hydrogens is 454 g/mol. The Hall–Kier alpha value is -2.48. The Kier molecular flexibility index (Phi) is 7.26. The second kappa shape index (κ2) is 10.0. The van der Waals surface area contributed by atoms with Gasteiger partial charge in [-0.25, -0.2) is 0 Å². The third-order valence-electron chi connectivity index (χ3n) is 7.29. The average molecular weight is 488 g/mol. The van der Waals surface area contributed by atoms with Crippen LogP contribution in [-0.4, -0.2) is 72.5 Å². The van der Waals surface area contributed by atoms with Gasteiger partial charge in [0.1, 0.15) is 6.04 Å². The van der Waals surface area contributed by atoms with Crippen LogP contribution in [0.3, 0.4) is 0 Å². The maximum absolute atomic E-state index is 13.4. The van der Waals surface area contributed by atoms with E-state index in [0.717, 1.165) is 12.0 Å². The molecule has 0 saturated carbocycles. The van der Waals surface area contributed by atoms with Gasteiger partial charge in [0, 0.05) is 39.3 Å². The lowest BCUT2D eigenvalue weighted by molar-refractivity contribution is -0.142. The lowest BCUT2D eigenvalue weighted by Gasteiger charge is -2.41. The van der Waals surface area contributed by atoms with E-state index in [1.165, 1.54) is 19.7 Å². The minimum Gasteiger partial charge on any atom is -0.350 e. The fraction of sp³-hybridized carbons (Fsp3) is 0.625. The molecule has 3 saturated heterocycles. The number of hydrogen-bond donors (Lipinski definition) is 1. The standard InChI is InChI=1S/C24H33N5O4S/c1-17-7-8-19(11-18(17)2)13-26-23(30)22-6-4-10-29(22)24(31)21-5-3-9-27(16-21)34(32,33)28-14-20(12-25)15-28/h7-8,11,20-22H,3-6,9-10,13-16H2,1-2H3,(H,26,30)/t21-,22+/m0/s1. The molecule has 10 heteroatoms. The van der Waals surface area contributed by atoms with Gasteiger partial charge in [-0.15, -0.1) is 0 Å². The van der Waals surface area contributed by atoms with Gasteiger partial charge in [0.15, 0.2) is 0 Å². The zero-order valence-corrected chi connectivity index (χ0v) is 20.7. The smallest absolute Gasteiger partial charge is 0.282 e. The first-order valence-corrected chi connectivity index (χ1v) is 13.4. The summed E-state index contributed by atoms with van der Waals surface area (Å²) in [6.07, 6.45) is 2.58. The predicted octanol–water partition coefficient (Wildman–Crippen LogP) is 1.32. The molecule has 3 aliphatic rings. The number of hydrogen-bond acceptors (Lipinski definition) is 5. The summed E-state index contributed by atoms with van der Waals surface area (Å²) in [5, 5.41) is 11.9. The van der Waals surface area contributed by atoms with Crippen molar-refractivity contribution in [3.8, 4) is 6.07 Å². The highest BCUT2D eigenvalue weighted by molar-refractivity contribution is 7.86. The quantitative estimate of drug-likeness (QED) is 0.650. The Morgan fingerprint density at radius 1 is 1.06 bits per heavy atom. The molecule has 3 heterocycles. The van der Waals surface area contributed by atoms with E-state index in [1.807, 2.05) is 26.0 Å². The van der Waals surface area contributed by atoms with Crippen molar-refractivity contribution in [2.75, 3.05) is 32.7 Å². The number of likely N-dealkylation sites (tertiary alicyclic amines) is 1. The third-order valence-corrected chi connectivity index (χ3v) is 9.23. The van der Waals surface area contributed by atoms with Crippen LogP contribution in [0.15, 0.2) is 18.2 Å². The maximum Gasteiger partial charge on any atom is 0.282 e. The van der Waals surface area contributed by atoms with Crippen LogP contribution in [0.2, 0.25) is 0 Å². The molecule has 1 aromatic rings. The van der Waals surface area contributed by atoms with Crippen molar-refractivity contribution in [2.24, 2.45) is 11.8 Å². The van der Waals surface area contributed by atoms with Crippen LogP contribution < -0.4 is 5.32 Å². The summed E-state index contributed by atoms with van der Waals surface area (Å²) in [4.78, 5) is 28.0. The molecule has 0 bridgehead atoms. The van der Waals surface area contributed by atoms with Crippen molar-refractivity contribution in [1.29, 1.82) is 5.26 Å². The second-order valence-electron chi connectivity index (χ2n) is 9.67. The first kappa shape index (κ1) is 24.6. The van der Waals surface area contributed by atoms with Gasteiger partial charge in [-0.3, -0.25) is 9.59 Å². The van der Waals surface area contributed by atoms with Crippen LogP contribution in [0, 0.1) is 37.0 Å². The Balaban J connectivity index is 1.36. The van der Waals surface area contributed by atoms with Crippen molar-refractivity contribution in [1.82, 2.24) is 18.8 Å². The number of carbonyl (C=O) groups is 2. The van der Waals surface area contributed by atoms with E-state index in [4.69, 9.17) is 5.26 Å². The van der Waals surface area contributed by atoms with Gasteiger partial charge in [-0.2, -0.15) is 22.3 Å². The molecule has 34 heavy (non-hydrogen) atoms. The minimum absolute atomic E-state index is 0.127. The molecule has 1 N–H and O–H groups in total. The van der Waals surface area contributed by atoms with E-state index in [9.17, 15) is 18.0 Å². The zero-order chi connectivity index (χ0) is 24.5. The number of piperidine rings is 1. The Labute approximate surface area is 201 Å². The Morgan fingerprint density at radius 2 is 1.79 bits per heavy atom. The van der Waals surface area contributed by atoms with Gasteiger partial charge in [-0.1, -0.05) is 18.2 Å². The van der Waals surface area contributed by atoms with E-state index in [0.29, 0.717) is 38.9 Å². The number of benzene rings is 1. The van der Waals surface area contributed by atoms with E-state index in [2.05, 4.69) is 17.5 Å². The van der Waals surface area contributed by atoms with Gasteiger partial charge in [-0.05, 0) is 56.2 Å². The van der Waals surface area contributed by atoms with Gasteiger partial charge in [0.05, 0.1) is 17.9 Å². The fourth-order valence-corrected chi connectivity index (χ4v) is 6.77. The van der Waals surface area contributed by atoms with Crippen molar-refractivity contribution in [3.63, 3.8) is 0 Å². The van der Waals surface area contributed by atoms with Gasteiger partial charge in [0.2, 0.25) is 11.8 Å². The molecule has 184 valence electrons. The van der Waals surface area contributed by atoms with Crippen molar-refractivity contribution in [2.45, 2.75) is 52.1 Å². The number of nitrogens with one attached hydrogen (secondary N) is 1. The molecule has 0 radical (unpaired) electrons. The number of rotatable bonds is 6. The van der Waals surface area contributed by atoms with E-state index >= 15 is 0 Å². The molecule has 3 fully saturated rings. The van der Waals surface area contributed by atoms with Crippen molar-refractivity contribution < 1.29 is 18.0 Å². The molecule has 9 nitrogen and oxygen atoms in total. The van der Waals surface area contributed by atoms with E-state index in [1.54, 1.807) is 4.90 Å². The molecule has 0 aromatic heterocycles. The number of amides is 2. The normalized spacial score (nSPS) is 24.4. The van der Waals surface area contributed by atoms with Crippen LogP contribution in [0.4, 0.5) is 0 Å². The maximum atomic E-state index is 13.4.